The third kappa shape index (κ3) is 4.74. The summed E-state index contributed by atoms with van der Waals surface area (Å²) in [7, 11) is 0. The Kier molecular flexibility index (Phi) is 6.75. The van der Waals surface area contributed by atoms with Crippen LogP contribution in [0.4, 0.5) is 5.13 Å². The van der Waals surface area contributed by atoms with E-state index in [1.165, 1.54) is 16.9 Å². The molecule has 1 amide bonds. The number of benzene rings is 2. The second-order valence-corrected chi connectivity index (χ2v) is 8.40. The monoisotopic (exact) mass is 478 g/mol. The molecule has 0 spiro atoms. The summed E-state index contributed by atoms with van der Waals surface area (Å²) in [6, 6.07) is 10.1. The number of carbonyl (C=O) groups excluding carboxylic acids is 1. The van der Waals surface area contributed by atoms with Crippen LogP contribution in [-0.4, -0.2) is 17.5 Å². The number of aromatic nitrogens is 1. The third-order valence-corrected chi connectivity index (χ3v) is 6.66. The van der Waals surface area contributed by atoms with Crippen LogP contribution >= 0.6 is 38.9 Å². The lowest BCUT2D eigenvalue weighted by Gasteiger charge is -2.12. The minimum atomic E-state index is -0.264. The molecule has 1 N–H and O–H groups in total. The Labute approximate surface area is 182 Å². The molecular weight excluding hydrogens is 460 g/mol. The molecule has 0 aliphatic rings. The number of carbonyl (C=O) groups is 1. The zero-order valence-electron chi connectivity index (χ0n) is 15.8. The Bertz CT molecular complexity index is 1000. The van der Waals surface area contributed by atoms with E-state index in [-0.39, 0.29) is 12.5 Å². The van der Waals surface area contributed by atoms with Crippen LogP contribution in [0.5, 0.6) is 5.75 Å². The molecule has 0 saturated heterocycles. The van der Waals surface area contributed by atoms with Crippen molar-refractivity contribution in [1.29, 1.82) is 0 Å². The Hall–Kier alpha value is -1.89. The molecule has 0 radical (unpaired) electrons. The van der Waals surface area contributed by atoms with Gasteiger partial charge in [-0.15, -0.1) is 11.3 Å². The van der Waals surface area contributed by atoms with Gasteiger partial charge in [-0.25, -0.2) is 4.98 Å². The minimum Gasteiger partial charge on any atom is -0.483 e. The zero-order valence-corrected chi connectivity index (χ0v) is 19.0. The molecule has 0 fully saturated rings. The Balaban J connectivity index is 1.62. The second kappa shape index (κ2) is 9.07. The summed E-state index contributed by atoms with van der Waals surface area (Å²) >= 11 is 11.1. The van der Waals surface area contributed by atoms with Crippen molar-refractivity contribution < 1.29 is 9.53 Å². The number of aryl methyl sites for hydroxylation is 2. The zero-order chi connectivity index (χ0) is 20.3. The molecule has 3 rings (SSSR count). The maximum Gasteiger partial charge on any atom is 0.264 e. The highest BCUT2D eigenvalue weighted by Crippen LogP contribution is 2.35. The highest BCUT2D eigenvalue weighted by molar-refractivity contribution is 9.10. The van der Waals surface area contributed by atoms with Crippen molar-refractivity contribution in [2.45, 2.75) is 27.2 Å². The maximum atomic E-state index is 12.3. The summed E-state index contributed by atoms with van der Waals surface area (Å²) in [5.41, 5.74) is 4.94. The van der Waals surface area contributed by atoms with Gasteiger partial charge in [0.2, 0.25) is 0 Å². The predicted octanol–water partition coefficient (Wildman–Crippen LogP) is 6.42. The van der Waals surface area contributed by atoms with Crippen LogP contribution in [0.2, 0.25) is 5.02 Å². The first-order valence-electron chi connectivity index (χ1n) is 8.81. The number of hydrogen-bond donors (Lipinski definition) is 1. The van der Waals surface area contributed by atoms with Crippen molar-refractivity contribution >= 4 is 49.9 Å². The molecule has 2 aromatic carbocycles. The molecule has 4 nitrogen and oxygen atoms in total. The molecule has 0 saturated carbocycles. The van der Waals surface area contributed by atoms with E-state index in [1.807, 2.05) is 37.4 Å². The van der Waals surface area contributed by atoms with Gasteiger partial charge in [0, 0.05) is 16.0 Å². The van der Waals surface area contributed by atoms with Crippen LogP contribution in [0.15, 0.2) is 40.2 Å². The highest BCUT2D eigenvalue weighted by atomic mass is 79.9. The topological polar surface area (TPSA) is 51.2 Å². The number of nitrogens with zero attached hydrogens (tertiary/aromatic N) is 1. The lowest BCUT2D eigenvalue weighted by molar-refractivity contribution is -0.118. The van der Waals surface area contributed by atoms with E-state index < -0.39 is 0 Å². The van der Waals surface area contributed by atoms with Gasteiger partial charge in [0.1, 0.15) is 5.75 Å². The van der Waals surface area contributed by atoms with Crippen LogP contribution in [0.1, 0.15) is 23.6 Å². The van der Waals surface area contributed by atoms with Crippen LogP contribution in [0.3, 0.4) is 0 Å². The SMILES string of the molecule is CCc1ccc(-c2csc(NC(=O)COc3cc(C)c(Cl)c(C)c3Br)n2)cc1. The van der Waals surface area contributed by atoms with Crippen LogP contribution in [-0.2, 0) is 11.2 Å². The first kappa shape index (κ1) is 20.8. The van der Waals surface area contributed by atoms with Gasteiger partial charge in [-0.2, -0.15) is 0 Å². The average Bonchev–Trinajstić information content (AvgIpc) is 3.16. The molecule has 1 aromatic heterocycles. The number of ether oxygens (including phenoxy) is 1. The van der Waals surface area contributed by atoms with Crippen molar-refractivity contribution in [2.24, 2.45) is 0 Å². The largest absolute Gasteiger partial charge is 0.483 e. The summed E-state index contributed by atoms with van der Waals surface area (Å²) in [5.74, 6) is 0.324. The van der Waals surface area contributed by atoms with E-state index in [1.54, 1.807) is 0 Å². The van der Waals surface area contributed by atoms with Crippen LogP contribution in [0.25, 0.3) is 11.3 Å². The first-order valence-corrected chi connectivity index (χ1v) is 10.9. The molecular formula is C21H20BrClN2O2S. The molecule has 146 valence electrons. The van der Waals surface area contributed by atoms with Crippen LogP contribution in [0, 0.1) is 13.8 Å². The van der Waals surface area contributed by atoms with E-state index in [0.717, 1.165) is 33.3 Å². The number of anilines is 1. The smallest absolute Gasteiger partial charge is 0.264 e. The molecule has 28 heavy (non-hydrogen) atoms. The van der Waals surface area contributed by atoms with E-state index in [9.17, 15) is 4.79 Å². The fraction of sp³-hybridized carbons (Fsp3) is 0.238. The van der Waals surface area contributed by atoms with Crippen LogP contribution < -0.4 is 10.1 Å². The number of rotatable bonds is 6. The lowest BCUT2D eigenvalue weighted by atomic mass is 10.1. The minimum absolute atomic E-state index is 0.112. The van der Waals surface area contributed by atoms with Gasteiger partial charge in [0.25, 0.3) is 5.91 Å². The van der Waals surface area contributed by atoms with E-state index >= 15 is 0 Å². The van der Waals surface area contributed by atoms with Crippen molar-refractivity contribution in [3.63, 3.8) is 0 Å². The number of nitrogens with one attached hydrogen (secondary N) is 1. The summed E-state index contributed by atoms with van der Waals surface area (Å²) in [4.78, 5) is 16.7. The average molecular weight is 480 g/mol. The molecule has 3 aromatic rings. The fourth-order valence-electron chi connectivity index (χ4n) is 2.68. The van der Waals surface area contributed by atoms with Gasteiger partial charge >= 0.3 is 0 Å². The number of thiazole rings is 1. The van der Waals surface area contributed by atoms with Crippen molar-refractivity contribution in [3.8, 4) is 17.0 Å². The molecule has 0 unspecified atom stereocenters. The highest BCUT2D eigenvalue weighted by Gasteiger charge is 2.13. The number of amides is 1. The summed E-state index contributed by atoms with van der Waals surface area (Å²) in [6.07, 6.45) is 1.00. The van der Waals surface area contributed by atoms with E-state index in [0.29, 0.717) is 15.9 Å². The Morgan fingerprint density at radius 3 is 2.68 bits per heavy atom. The predicted molar refractivity (Wildman–Crippen MR) is 120 cm³/mol. The van der Waals surface area contributed by atoms with Crippen molar-refractivity contribution in [3.05, 3.63) is 61.9 Å². The molecule has 0 atom stereocenters. The van der Waals surface area contributed by atoms with Gasteiger partial charge < -0.3 is 4.74 Å². The summed E-state index contributed by atoms with van der Waals surface area (Å²) < 4.78 is 6.42. The van der Waals surface area contributed by atoms with Crippen molar-refractivity contribution in [1.82, 2.24) is 4.98 Å². The van der Waals surface area contributed by atoms with Gasteiger partial charge in [0.15, 0.2) is 11.7 Å². The van der Waals surface area contributed by atoms with Gasteiger partial charge in [-0.1, -0.05) is 42.8 Å². The summed E-state index contributed by atoms with van der Waals surface area (Å²) in [5, 5.41) is 5.95. The molecule has 0 aliphatic carbocycles. The van der Waals surface area contributed by atoms with Gasteiger partial charge in [-0.3, -0.25) is 10.1 Å². The van der Waals surface area contributed by atoms with Crippen molar-refractivity contribution in [2.75, 3.05) is 11.9 Å². The number of halogens is 2. The standard InChI is InChI=1S/C21H20BrClN2O2S/c1-4-14-5-7-15(8-6-14)16-11-28-21(24-16)25-18(26)10-27-17-9-12(2)20(23)13(3)19(17)22/h5-9,11H,4,10H2,1-3H3,(H,24,25,26). The van der Waals surface area contributed by atoms with Gasteiger partial charge in [0.05, 0.1) is 10.2 Å². The number of hydrogen-bond acceptors (Lipinski definition) is 4. The molecule has 7 heteroatoms. The van der Waals surface area contributed by atoms with E-state index in [2.05, 4.69) is 45.3 Å². The summed E-state index contributed by atoms with van der Waals surface area (Å²) in [6.45, 7) is 5.81. The third-order valence-electron chi connectivity index (χ3n) is 4.34. The molecule has 0 aliphatic heterocycles. The Morgan fingerprint density at radius 2 is 2.00 bits per heavy atom. The normalized spacial score (nSPS) is 10.8. The van der Waals surface area contributed by atoms with Gasteiger partial charge in [-0.05, 0) is 59.0 Å². The molecule has 0 bridgehead atoms. The first-order chi connectivity index (χ1) is 13.4. The molecule has 1 heterocycles. The second-order valence-electron chi connectivity index (χ2n) is 6.37. The quantitative estimate of drug-likeness (QED) is 0.443. The fourth-order valence-corrected chi connectivity index (χ4v) is 4.11. The Morgan fingerprint density at radius 1 is 1.29 bits per heavy atom. The lowest BCUT2D eigenvalue weighted by Crippen LogP contribution is -2.20. The van der Waals surface area contributed by atoms with E-state index in [4.69, 9.17) is 16.3 Å². The maximum absolute atomic E-state index is 12.3.